The molecule has 0 aliphatic heterocycles. The third kappa shape index (κ3) is 3.13. The lowest BCUT2D eigenvalue weighted by Gasteiger charge is -2.24. The lowest BCUT2D eigenvalue weighted by molar-refractivity contribution is 0.130. The zero-order valence-corrected chi connectivity index (χ0v) is 10.9. The van der Waals surface area contributed by atoms with Crippen LogP contribution in [0.25, 0.3) is 6.08 Å². The average Bonchev–Trinajstić information content (AvgIpc) is 2.14. The van der Waals surface area contributed by atoms with E-state index in [0.29, 0.717) is 0 Å². The van der Waals surface area contributed by atoms with Crippen molar-refractivity contribution in [2.24, 2.45) is 0 Å². The van der Waals surface area contributed by atoms with E-state index in [2.05, 4.69) is 47.3 Å². The molecule has 0 atom stereocenters. The van der Waals surface area contributed by atoms with Gasteiger partial charge in [0.15, 0.2) is 0 Å². The molecule has 0 aliphatic carbocycles. The molecule has 0 N–H and O–H groups in total. The molecule has 1 radical (unpaired) electrons. The Kier molecular flexibility index (Phi) is 3.79. The second-order valence-corrected chi connectivity index (χ2v) is 5.14. The molecule has 0 aliphatic rings. The summed E-state index contributed by atoms with van der Waals surface area (Å²) in [6, 6.07) is 6.12. The highest BCUT2D eigenvalue weighted by molar-refractivity contribution is 5.63. The Balaban J connectivity index is 3.19. The number of hydrogen-bond donors (Lipinski definition) is 0. The van der Waals surface area contributed by atoms with E-state index in [9.17, 15) is 0 Å². The molecule has 0 saturated carbocycles. The smallest absolute Gasteiger partial charge is 0.127 e. The van der Waals surface area contributed by atoms with E-state index >= 15 is 0 Å². The van der Waals surface area contributed by atoms with Gasteiger partial charge in [0.05, 0.1) is 0 Å². The second kappa shape index (κ2) is 4.73. The third-order valence-corrected chi connectivity index (χ3v) is 2.23. The van der Waals surface area contributed by atoms with E-state index in [1.165, 1.54) is 11.5 Å². The van der Waals surface area contributed by atoms with Gasteiger partial charge in [-0.3, -0.25) is 0 Å². The molecule has 0 spiro atoms. The Labute approximate surface area is 99.1 Å². The van der Waals surface area contributed by atoms with Crippen LogP contribution in [0.3, 0.4) is 0 Å². The van der Waals surface area contributed by atoms with Crippen LogP contribution in [0.5, 0.6) is 5.75 Å². The molecule has 1 nitrogen and oxygen atoms in total. The maximum absolute atomic E-state index is 5.93. The highest BCUT2D eigenvalue weighted by Gasteiger charge is 2.16. The first-order valence-electron chi connectivity index (χ1n) is 5.60. The van der Waals surface area contributed by atoms with Crippen molar-refractivity contribution in [1.82, 2.24) is 0 Å². The van der Waals surface area contributed by atoms with Crippen LogP contribution in [0.2, 0.25) is 0 Å². The van der Waals surface area contributed by atoms with Gasteiger partial charge in [-0.15, -0.1) is 0 Å². The van der Waals surface area contributed by atoms with Gasteiger partial charge >= 0.3 is 0 Å². The fraction of sp³-hybridized carbons (Fsp3) is 0.400. The Morgan fingerprint density at radius 1 is 1.25 bits per heavy atom. The highest BCUT2D eigenvalue weighted by atomic mass is 16.5. The molecule has 1 rings (SSSR count). The van der Waals surface area contributed by atoms with Gasteiger partial charge in [-0.1, -0.05) is 38.6 Å². The molecular weight excluding hydrogens is 196 g/mol. The van der Waals surface area contributed by atoms with Crippen LogP contribution < -0.4 is 4.74 Å². The summed E-state index contributed by atoms with van der Waals surface area (Å²) in [7, 11) is 0. The van der Waals surface area contributed by atoms with Gasteiger partial charge in [-0.25, -0.2) is 0 Å². The number of benzene rings is 1. The molecule has 0 aromatic heterocycles. The molecule has 1 aromatic carbocycles. The minimum atomic E-state index is -0.183. The van der Waals surface area contributed by atoms with Crippen LogP contribution in [0.15, 0.2) is 24.8 Å². The van der Waals surface area contributed by atoms with Crippen LogP contribution in [0.1, 0.15) is 45.7 Å². The molecule has 87 valence electrons. The summed E-state index contributed by atoms with van der Waals surface area (Å²) in [5.41, 5.74) is 2.10. The summed E-state index contributed by atoms with van der Waals surface area (Å²) in [6.07, 6.45) is 1.86. The maximum atomic E-state index is 5.93. The van der Waals surface area contributed by atoms with Gasteiger partial charge in [0, 0.05) is 5.56 Å². The minimum absolute atomic E-state index is 0.183. The van der Waals surface area contributed by atoms with Crippen LogP contribution in [-0.4, -0.2) is 5.60 Å². The van der Waals surface area contributed by atoms with Gasteiger partial charge in [-0.05, 0) is 38.3 Å². The predicted octanol–water partition coefficient (Wildman–Crippen LogP) is 4.47. The Morgan fingerprint density at radius 2 is 1.88 bits per heavy atom. The first-order chi connectivity index (χ1) is 7.35. The number of hydrogen-bond acceptors (Lipinski definition) is 1. The quantitative estimate of drug-likeness (QED) is 0.726. The average molecular weight is 217 g/mol. The van der Waals surface area contributed by atoms with Crippen molar-refractivity contribution in [1.29, 1.82) is 0 Å². The molecule has 0 fully saturated rings. The largest absolute Gasteiger partial charge is 0.488 e. The Morgan fingerprint density at radius 3 is 2.31 bits per heavy atom. The first-order valence-corrected chi connectivity index (χ1v) is 5.60. The summed E-state index contributed by atoms with van der Waals surface area (Å²) in [6.45, 7) is 14.2. The van der Waals surface area contributed by atoms with Crippen molar-refractivity contribution in [3.63, 3.8) is 0 Å². The van der Waals surface area contributed by atoms with Gasteiger partial charge in [0.1, 0.15) is 11.4 Å². The number of rotatable bonds is 3. The minimum Gasteiger partial charge on any atom is -0.488 e. The summed E-state index contributed by atoms with van der Waals surface area (Å²) in [5, 5.41) is 0. The maximum Gasteiger partial charge on any atom is 0.127 e. The monoisotopic (exact) mass is 217 g/mol. The van der Waals surface area contributed by atoms with Crippen LogP contribution in [0, 0.1) is 5.92 Å². The third-order valence-electron chi connectivity index (χ3n) is 2.23. The first kappa shape index (κ1) is 12.8. The summed E-state index contributed by atoms with van der Waals surface area (Å²) < 4.78 is 5.93. The lowest BCUT2D eigenvalue weighted by Crippen LogP contribution is -2.23. The van der Waals surface area contributed by atoms with E-state index in [1.807, 2.05) is 18.2 Å². The normalized spacial score (nSPS) is 11.6. The van der Waals surface area contributed by atoms with Gasteiger partial charge in [0.2, 0.25) is 0 Å². The van der Waals surface area contributed by atoms with Gasteiger partial charge in [0.25, 0.3) is 0 Å². The molecule has 0 heterocycles. The molecule has 0 amide bonds. The molecule has 0 bridgehead atoms. The molecule has 16 heavy (non-hydrogen) atoms. The number of ether oxygens (including phenoxy) is 1. The fourth-order valence-electron chi connectivity index (χ4n) is 1.61. The van der Waals surface area contributed by atoms with Crippen molar-refractivity contribution in [2.45, 2.75) is 40.2 Å². The van der Waals surface area contributed by atoms with E-state index in [-0.39, 0.29) is 5.60 Å². The van der Waals surface area contributed by atoms with Crippen LogP contribution in [0.4, 0.5) is 0 Å². The van der Waals surface area contributed by atoms with Crippen LogP contribution in [-0.2, 0) is 0 Å². The van der Waals surface area contributed by atoms with Crippen molar-refractivity contribution >= 4 is 6.08 Å². The summed E-state index contributed by atoms with van der Waals surface area (Å²) in [4.78, 5) is 0. The van der Waals surface area contributed by atoms with E-state index in [1.54, 1.807) is 0 Å². The van der Waals surface area contributed by atoms with E-state index in [0.717, 1.165) is 11.3 Å². The zero-order chi connectivity index (χ0) is 12.3. The summed E-state index contributed by atoms with van der Waals surface area (Å²) >= 11 is 0. The Hall–Kier alpha value is -1.24. The van der Waals surface area contributed by atoms with Crippen molar-refractivity contribution in [2.75, 3.05) is 0 Å². The standard InChI is InChI=1S/C15H21O/c1-7-12-13(11(2)3)9-8-10-14(12)16-15(4,5)6/h7-10H,1H2,2-6H3. The predicted molar refractivity (Wildman–Crippen MR) is 70.6 cm³/mol. The van der Waals surface area contributed by atoms with Gasteiger partial charge in [-0.2, -0.15) is 0 Å². The van der Waals surface area contributed by atoms with Crippen molar-refractivity contribution in [3.05, 3.63) is 41.8 Å². The van der Waals surface area contributed by atoms with Crippen molar-refractivity contribution < 1.29 is 4.74 Å². The molecule has 1 heteroatoms. The fourth-order valence-corrected chi connectivity index (χ4v) is 1.61. The lowest BCUT2D eigenvalue weighted by atomic mass is 9.96. The molecular formula is C15H21O. The highest BCUT2D eigenvalue weighted by Crippen LogP contribution is 2.30. The van der Waals surface area contributed by atoms with Crippen molar-refractivity contribution in [3.8, 4) is 5.75 Å². The van der Waals surface area contributed by atoms with E-state index < -0.39 is 0 Å². The van der Waals surface area contributed by atoms with E-state index in [4.69, 9.17) is 4.74 Å². The van der Waals surface area contributed by atoms with Crippen LogP contribution >= 0.6 is 0 Å². The zero-order valence-electron chi connectivity index (χ0n) is 10.9. The van der Waals surface area contributed by atoms with Gasteiger partial charge < -0.3 is 4.74 Å². The topological polar surface area (TPSA) is 9.23 Å². The second-order valence-electron chi connectivity index (χ2n) is 5.14. The Bertz CT molecular complexity index is 370. The molecule has 1 aromatic rings. The molecule has 0 saturated heterocycles. The molecule has 0 unspecified atom stereocenters. The SMILES string of the molecule is C=Cc1c(OC(C)(C)C)cccc1[C](C)C. The summed E-state index contributed by atoms with van der Waals surface area (Å²) in [5.74, 6) is 2.18.